The zero-order valence-electron chi connectivity index (χ0n) is 20.8. The van der Waals surface area contributed by atoms with Crippen LogP contribution in [-0.4, -0.2) is 24.2 Å². The van der Waals surface area contributed by atoms with E-state index in [0.29, 0.717) is 30.9 Å². The minimum Gasteiger partial charge on any atom is -0.494 e. The molecule has 0 saturated heterocycles. The van der Waals surface area contributed by atoms with Crippen LogP contribution in [0.25, 0.3) is 22.2 Å². The molecular weight excluding hydrogens is 442 g/mol. The van der Waals surface area contributed by atoms with Crippen molar-refractivity contribution in [3.8, 4) is 16.9 Å². The summed E-state index contributed by atoms with van der Waals surface area (Å²) >= 11 is 0. The zero-order valence-corrected chi connectivity index (χ0v) is 20.8. The number of hydrogen-bond donors (Lipinski definition) is 0. The molecule has 0 aliphatic carbocycles. The van der Waals surface area contributed by atoms with Crippen LogP contribution in [0.1, 0.15) is 77.6 Å². The Labute approximate surface area is 207 Å². The van der Waals surface area contributed by atoms with E-state index in [1.165, 1.54) is 44.9 Å². The monoisotopic (exact) mass is 479 g/mol. The maximum atomic E-state index is 12.3. The lowest BCUT2D eigenvalue weighted by Crippen LogP contribution is -2.03. The van der Waals surface area contributed by atoms with Gasteiger partial charge in [-0.15, -0.1) is 0 Å². The molecule has 188 valence electrons. The van der Waals surface area contributed by atoms with Gasteiger partial charge in [0.15, 0.2) is 0 Å². The summed E-state index contributed by atoms with van der Waals surface area (Å²) < 4.78 is 16.3. The zero-order chi connectivity index (χ0) is 24.7. The Hall–Kier alpha value is -3.15. The Balaban J connectivity index is 1.23. The number of esters is 1. The maximum Gasteiger partial charge on any atom is 0.345 e. The highest BCUT2D eigenvalue weighted by molar-refractivity contribution is 5.78. The average molecular weight is 480 g/mol. The molecular formula is C29H37NO5. The van der Waals surface area contributed by atoms with Gasteiger partial charge in [-0.3, -0.25) is 4.79 Å². The second-order valence-electron chi connectivity index (χ2n) is 8.83. The Morgan fingerprint density at radius 3 is 2.14 bits per heavy atom. The van der Waals surface area contributed by atoms with Crippen LogP contribution in [0.2, 0.25) is 0 Å². The van der Waals surface area contributed by atoms with Crippen molar-refractivity contribution < 1.29 is 18.7 Å². The number of hydrogen-bond acceptors (Lipinski definition) is 6. The predicted octanol–water partition coefficient (Wildman–Crippen LogP) is 7.09. The quantitative estimate of drug-likeness (QED) is 0.161. The molecule has 6 nitrogen and oxygen atoms in total. The van der Waals surface area contributed by atoms with Gasteiger partial charge in [-0.05, 0) is 48.7 Å². The first-order valence-corrected chi connectivity index (χ1v) is 12.9. The summed E-state index contributed by atoms with van der Waals surface area (Å²) in [5.41, 5.74) is 1.29. The van der Waals surface area contributed by atoms with Crippen molar-refractivity contribution in [2.24, 2.45) is 0 Å². The Morgan fingerprint density at radius 1 is 0.857 bits per heavy atom. The van der Waals surface area contributed by atoms with Gasteiger partial charge in [0, 0.05) is 18.0 Å². The molecule has 35 heavy (non-hydrogen) atoms. The number of aromatic nitrogens is 1. The third-order valence-corrected chi connectivity index (χ3v) is 6.03. The van der Waals surface area contributed by atoms with Gasteiger partial charge in [0.2, 0.25) is 5.71 Å². The van der Waals surface area contributed by atoms with Gasteiger partial charge in [-0.25, -0.2) is 9.78 Å². The number of nitrogens with zero attached hydrogens (tertiary/aromatic N) is 1. The van der Waals surface area contributed by atoms with Crippen molar-refractivity contribution in [2.45, 2.75) is 77.6 Å². The van der Waals surface area contributed by atoms with E-state index in [4.69, 9.17) is 13.9 Å². The summed E-state index contributed by atoms with van der Waals surface area (Å²) in [6.07, 6.45) is 14.0. The van der Waals surface area contributed by atoms with Gasteiger partial charge in [0.1, 0.15) is 5.75 Å². The number of rotatable bonds is 16. The Bertz CT molecular complexity index is 1090. The van der Waals surface area contributed by atoms with Crippen LogP contribution in [0.3, 0.4) is 0 Å². The fraction of sp³-hybridized carbons (Fsp3) is 0.483. The van der Waals surface area contributed by atoms with Crippen molar-refractivity contribution in [2.75, 3.05) is 13.2 Å². The molecule has 0 aliphatic rings. The summed E-state index contributed by atoms with van der Waals surface area (Å²) in [6.45, 7) is 3.09. The lowest BCUT2D eigenvalue weighted by Gasteiger charge is -2.08. The molecule has 0 bridgehead atoms. The third kappa shape index (κ3) is 9.19. The standard InChI is InChI=1S/C29H37NO5/c1-2-27(31)34-21-12-10-8-6-4-3-5-7-9-11-20-33-25-17-15-23(16-18-25)26-22-24-14-13-19-30-28(24)35-29(26)32/h13-19,22H,2-12,20-21H2,1H3. The SMILES string of the molecule is CCC(=O)OCCCCCCCCCCCCOc1ccc(-c2cc3cccnc3oc2=O)cc1. The number of benzene rings is 1. The first-order chi connectivity index (χ1) is 17.2. The molecule has 3 aromatic rings. The molecule has 3 rings (SSSR count). The highest BCUT2D eigenvalue weighted by Crippen LogP contribution is 2.23. The summed E-state index contributed by atoms with van der Waals surface area (Å²) in [6, 6.07) is 13.1. The number of fused-ring (bicyclic) bond motifs is 1. The van der Waals surface area contributed by atoms with Crippen LogP contribution in [-0.2, 0) is 9.53 Å². The van der Waals surface area contributed by atoms with Gasteiger partial charge in [0.05, 0.1) is 18.8 Å². The van der Waals surface area contributed by atoms with Gasteiger partial charge >= 0.3 is 11.6 Å². The van der Waals surface area contributed by atoms with E-state index in [9.17, 15) is 9.59 Å². The van der Waals surface area contributed by atoms with E-state index < -0.39 is 0 Å². The first kappa shape index (κ1) is 26.5. The topological polar surface area (TPSA) is 78.6 Å². The molecule has 0 aliphatic heterocycles. The van der Waals surface area contributed by atoms with Crippen LogP contribution in [0.15, 0.2) is 57.9 Å². The summed E-state index contributed by atoms with van der Waals surface area (Å²) in [4.78, 5) is 27.4. The number of unbranched alkanes of at least 4 members (excludes halogenated alkanes) is 9. The van der Waals surface area contributed by atoms with E-state index in [2.05, 4.69) is 4.98 Å². The molecule has 0 atom stereocenters. The van der Waals surface area contributed by atoms with Crippen molar-refractivity contribution in [3.05, 3.63) is 59.1 Å². The number of ether oxygens (including phenoxy) is 2. The van der Waals surface area contributed by atoms with E-state index >= 15 is 0 Å². The van der Waals surface area contributed by atoms with E-state index in [1.54, 1.807) is 6.20 Å². The van der Waals surface area contributed by atoms with Gasteiger partial charge in [-0.1, -0.05) is 70.4 Å². The third-order valence-electron chi connectivity index (χ3n) is 6.03. The minimum atomic E-state index is -0.389. The van der Waals surface area contributed by atoms with Gasteiger partial charge in [-0.2, -0.15) is 0 Å². The number of carbonyl (C=O) groups excluding carboxylic acids is 1. The van der Waals surface area contributed by atoms with Gasteiger partial charge in [0.25, 0.3) is 0 Å². The fourth-order valence-electron chi connectivity index (χ4n) is 3.98. The van der Waals surface area contributed by atoms with Crippen LogP contribution in [0, 0.1) is 0 Å². The maximum absolute atomic E-state index is 12.3. The molecule has 0 radical (unpaired) electrons. The van der Waals surface area contributed by atoms with Crippen molar-refractivity contribution in [1.29, 1.82) is 0 Å². The Morgan fingerprint density at radius 2 is 1.49 bits per heavy atom. The molecule has 0 unspecified atom stereocenters. The minimum absolute atomic E-state index is 0.0982. The fourth-order valence-corrected chi connectivity index (χ4v) is 3.98. The molecule has 6 heteroatoms. The highest BCUT2D eigenvalue weighted by Gasteiger charge is 2.08. The molecule has 0 amide bonds. The Kier molecular flexibility index (Phi) is 11.3. The van der Waals surface area contributed by atoms with Crippen molar-refractivity contribution in [1.82, 2.24) is 4.98 Å². The van der Waals surface area contributed by atoms with Gasteiger partial charge < -0.3 is 13.9 Å². The molecule has 2 heterocycles. The lowest BCUT2D eigenvalue weighted by molar-refractivity contribution is -0.143. The van der Waals surface area contributed by atoms with Crippen LogP contribution < -0.4 is 10.4 Å². The normalized spacial score (nSPS) is 11.0. The molecule has 2 aromatic heterocycles. The highest BCUT2D eigenvalue weighted by atomic mass is 16.5. The van der Waals surface area contributed by atoms with Crippen molar-refractivity contribution >= 4 is 17.1 Å². The predicted molar refractivity (Wildman–Crippen MR) is 139 cm³/mol. The van der Waals surface area contributed by atoms with Crippen LogP contribution >= 0.6 is 0 Å². The molecule has 0 saturated carbocycles. The second kappa shape index (κ2) is 15.0. The number of pyridine rings is 1. The molecule has 0 fully saturated rings. The summed E-state index contributed by atoms with van der Waals surface area (Å²) in [5.74, 6) is 0.712. The van der Waals surface area contributed by atoms with E-state index in [1.807, 2.05) is 49.4 Å². The van der Waals surface area contributed by atoms with Crippen LogP contribution in [0.5, 0.6) is 5.75 Å². The first-order valence-electron chi connectivity index (χ1n) is 12.9. The van der Waals surface area contributed by atoms with Crippen LogP contribution in [0.4, 0.5) is 0 Å². The molecule has 1 aromatic carbocycles. The lowest BCUT2D eigenvalue weighted by atomic mass is 10.1. The molecule has 0 spiro atoms. The van der Waals surface area contributed by atoms with Crippen molar-refractivity contribution in [3.63, 3.8) is 0 Å². The smallest absolute Gasteiger partial charge is 0.345 e. The van der Waals surface area contributed by atoms with E-state index in [0.717, 1.165) is 36.0 Å². The molecule has 0 N–H and O–H groups in total. The summed E-state index contributed by atoms with van der Waals surface area (Å²) in [5, 5.41) is 0.800. The number of carbonyl (C=O) groups is 1. The second-order valence-corrected chi connectivity index (χ2v) is 8.83. The average Bonchev–Trinajstić information content (AvgIpc) is 2.88. The summed E-state index contributed by atoms with van der Waals surface area (Å²) in [7, 11) is 0. The largest absolute Gasteiger partial charge is 0.494 e. The van der Waals surface area contributed by atoms with E-state index in [-0.39, 0.29) is 11.6 Å².